The second kappa shape index (κ2) is 9.65. The molecular formula is C22H21BrN2O6. The normalized spacial score (nSPS) is 15.6. The molecule has 9 heteroatoms. The van der Waals surface area contributed by atoms with Crippen molar-refractivity contribution in [2.45, 2.75) is 20.0 Å². The van der Waals surface area contributed by atoms with Crippen LogP contribution in [0.25, 0.3) is 6.08 Å². The molecule has 31 heavy (non-hydrogen) atoms. The molecule has 1 unspecified atom stereocenters. The molecule has 162 valence electrons. The minimum absolute atomic E-state index is 0.0219. The molecule has 8 nitrogen and oxygen atoms in total. The van der Waals surface area contributed by atoms with Gasteiger partial charge in [-0.3, -0.25) is 15.0 Å². The minimum atomic E-state index is -0.851. The fraction of sp³-hybridized carbons (Fsp3) is 0.227. The first kappa shape index (κ1) is 22.4. The zero-order valence-electron chi connectivity index (χ0n) is 17.2. The Morgan fingerprint density at radius 3 is 2.58 bits per heavy atom. The summed E-state index contributed by atoms with van der Waals surface area (Å²) >= 11 is 3.40. The zero-order valence-corrected chi connectivity index (χ0v) is 18.8. The number of carbonyl (C=O) groups is 3. The number of benzene rings is 2. The molecule has 0 bridgehead atoms. The van der Waals surface area contributed by atoms with Crippen molar-refractivity contribution in [2.24, 2.45) is 0 Å². The molecule has 0 aliphatic carbocycles. The number of hydrogen-bond acceptors (Lipinski definition) is 6. The third kappa shape index (κ3) is 4.88. The number of amides is 2. The Bertz CT molecular complexity index is 1040. The van der Waals surface area contributed by atoms with Crippen LogP contribution in [0.5, 0.6) is 11.5 Å². The second-order valence-electron chi connectivity index (χ2n) is 6.52. The van der Waals surface area contributed by atoms with Crippen LogP contribution in [0.3, 0.4) is 0 Å². The maximum absolute atomic E-state index is 12.8. The van der Waals surface area contributed by atoms with Gasteiger partial charge in [0.1, 0.15) is 5.57 Å². The van der Waals surface area contributed by atoms with Crippen molar-refractivity contribution < 1.29 is 28.6 Å². The lowest BCUT2D eigenvalue weighted by molar-refractivity contribution is -0.150. The fourth-order valence-corrected chi connectivity index (χ4v) is 3.46. The highest BCUT2D eigenvalue weighted by Crippen LogP contribution is 2.38. The van der Waals surface area contributed by atoms with Crippen LogP contribution < -0.4 is 19.9 Å². The van der Waals surface area contributed by atoms with Gasteiger partial charge in [-0.2, -0.15) is 0 Å². The molecule has 1 aliphatic rings. The summed E-state index contributed by atoms with van der Waals surface area (Å²) in [5.74, 6) is -0.860. The molecule has 2 amide bonds. The van der Waals surface area contributed by atoms with Crippen molar-refractivity contribution in [1.82, 2.24) is 5.43 Å². The molecule has 0 radical (unpaired) electrons. The average molecular weight is 489 g/mol. The van der Waals surface area contributed by atoms with Crippen LogP contribution in [0.4, 0.5) is 5.69 Å². The van der Waals surface area contributed by atoms with Crippen molar-refractivity contribution in [3.8, 4) is 11.5 Å². The maximum Gasteiger partial charge on any atom is 0.347 e. The molecule has 1 saturated heterocycles. The summed E-state index contributed by atoms with van der Waals surface area (Å²) in [5.41, 5.74) is 3.62. The first-order chi connectivity index (χ1) is 14.8. The van der Waals surface area contributed by atoms with Crippen LogP contribution >= 0.6 is 15.9 Å². The van der Waals surface area contributed by atoms with E-state index < -0.39 is 23.9 Å². The standard InChI is InChI=1S/C22H21BrN2O6/c1-4-30-22(28)13(2)31-19-17(23)11-14(12-18(19)29-3)10-16-20(26)24-25(21(16)27)15-8-6-5-7-9-15/h5-13H,4H2,1-3H3,(H,24,26). The average Bonchev–Trinajstić information content (AvgIpc) is 3.04. The van der Waals surface area contributed by atoms with Gasteiger partial charge in [0.15, 0.2) is 17.6 Å². The number of carbonyl (C=O) groups excluding carboxylic acids is 3. The van der Waals surface area contributed by atoms with Gasteiger partial charge >= 0.3 is 5.97 Å². The van der Waals surface area contributed by atoms with E-state index in [1.165, 1.54) is 18.2 Å². The Balaban J connectivity index is 1.89. The highest BCUT2D eigenvalue weighted by atomic mass is 79.9. The van der Waals surface area contributed by atoms with E-state index in [4.69, 9.17) is 14.2 Å². The van der Waals surface area contributed by atoms with Gasteiger partial charge in [0, 0.05) is 0 Å². The van der Waals surface area contributed by atoms with E-state index in [-0.39, 0.29) is 12.2 Å². The van der Waals surface area contributed by atoms with E-state index >= 15 is 0 Å². The van der Waals surface area contributed by atoms with Gasteiger partial charge in [-0.05, 0) is 65.7 Å². The van der Waals surface area contributed by atoms with Gasteiger partial charge in [-0.25, -0.2) is 9.80 Å². The third-order valence-electron chi connectivity index (χ3n) is 4.38. The molecule has 1 N–H and O–H groups in total. The van der Waals surface area contributed by atoms with Crippen LogP contribution in [0.1, 0.15) is 19.4 Å². The van der Waals surface area contributed by atoms with Gasteiger partial charge < -0.3 is 14.2 Å². The summed E-state index contributed by atoms with van der Waals surface area (Å²) in [6.45, 7) is 3.52. The summed E-state index contributed by atoms with van der Waals surface area (Å²) in [6, 6.07) is 12.1. The Morgan fingerprint density at radius 2 is 1.94 bits per heavy atom. The predicted molar refractivity (Wildman–Crippen MR) is 117 cm³/mol. The number of ether oxygens (including phenoxy) is 3. The van der Waals surface area contributed by atoms with Crippen molar-refractivity contribution in [2.75, 3.05) is 18.7 Å². The molecular weight excluding hydrogens is 468 g/mol. The fourth-order valence-electron chi connectivity index (χ4n) is 2.90. The molecule has 2 aromatic rings. The van der Waals surface area contributed by atoms with E-state index in [9.17, 15) is 14.4 Å². The maximum atomic E-state index is 12.8. The quantitative estimate of drug-likeness (QED) is 0.365. The van der Waals surface area contributed by atoms with Gasteiger partial charge in [-0.1, -0.05) is 18.2 Å². The van der Waals surface area contributed by atoms with Crippen LogP contribution in [0.2, 0.25) is 0 Å². The molecule has 0 saturated carbocycles. The largest absolute Gasteiger partial charge is 0.493 e. The SMILES string of the molecule is CCOC(=O)C(C)Oc1c(Br)cc(C=C2C(=O)NN(c3ccccc3)C2=O)cc1OC. The smallest absolute Gasteiger partial charge is 0.347 e. The Morgan fingerprint density at radius 1 is 1.23 bits per heavy atom. The zero-order chi connectivity index (χ0) is 22.5. The van der Waals surface area contributed by atoms with Crippen molar-refractivity contribution in [3.63, 3.8) is 0 Å². The highest BCUT2D eigenvalue weighted by Gasteiger charge is 2.34. The molecule has 1 heterocycles. The van der Waals surface area contributed by atoms with Crippen LogP contribution in [0.15, 0.2) is 52.5 Å². The monoisotopic (exact) mass is 488 g/mol. The topological polar surface area (TPSA) is 94.2 Å². The number of nitrogens with one attached hydrogen (secondary N) is 1. The second-order valence-corrected chi connectivity index (χ2v) is 7.38. The Kier molecular flexibility index (Phi) is 6.96. The van der Waals surface area contributed by atoms with E-state index in [1.807, 2.05) is 6.07 Å². The highest BCUT2D eigenvalue weighted by molar-refractivity contribution is 9.10. The summed E-state index contributed by atoms with van der Waals surface area (Å²) in [5, 5.41) is 1.19. The molecule has 1 fully saturated rings. The summed E-state index contributed by atoms with van der Waals surface area (Å²) in [7, 11) is 1.45. The minimum Gasteiger partial charge on any atom is -0.493 e. The van der Waals surface area contributed by atoms with E-state index in [0.717, 1.165) is 0 Å². The van der Waals surface area contributed by atoms with Gasteiger partial charge in [0.05, 0.1) is 23.9 Å². The number of halogens is 1. The lowest BCUT2D eigenvalue weighted by atomic mass is 10.1. The Labute approximate surface area is 187 Å². The summed E-state index contributed by atoms with van der Waals surface area (Å²) < 4.78 is 16.5. The lowest BCUT2D eigenvalue weighted by Crippen LogP contribution is -2.35. The van der Waals surface area contributed by atoms with Gasteiger partial charge in [0.2, 0.25) is 0 Å². The number of hydrazine groups is 1. The van der Waals surface area contributed by atoms with E-state index in [2.05, 4.69) is 21.4 Å². The molecule has 2 aromatic carbocycles. The van der Waals surface area contributed by atoms with Crippen LogP contribution in [-0.4, -0.2) is 37.6 Å². The number of rotatable bonds is 7. The van der Waals surface area contributed by atoms with Crippen molar-refractivity contribution >= 4 is 45.5 Å². The summed E-state index contributed by atoms with van der Waals surface area (Å²) in [6.07, 6.45) is 0.614. The third-order valence-corrected chi connectivity index (χ3v) is 4.97. The number of nitrogens with zero attached hydrogens (tertiary/aromatic N) is 1. The first-order valence-corrected chi connectivity index (χ1v) is 10.3. The predicted octanol–water partition coefficient (Wildman–Crippen LogP) is 3.25. The summed E-state index contributed by atoms with van der Waals surface area (Å²) in [4.78, 5) is 37.0. The number of anilines is 1. The first-order valence-electron chi connectivity index (χ1n) is 9.48. The Hall–Kier alpha value is -3.33. The molecule has 0 aromatic heterocycles. The van der Waals surface area contributed by atoms with Crippen LogP contribution in [-0.2, 0) is 19.1 Å². The van der Waals surface area contributed by atoms with E-state index in [1.54, 1.807) is 50.2 Å². The molecule has 1 aliphatic heterocycles. The number of methoxy groups -OCH3 is 1. The van der Waals surface area contributed by atoms with Gasteiger partial charge in [-0.15, -0.1) is 0 Å². The van der Waals surface area contributed by atoms with Crippen molar-refractivity contribution in [1.29, 1.82) is 0 Å². The lowest BCUT2D eigenvalue weighted by Gasteiger charge is -2.17. The number of esters is 1. The molecule has 0 spiro atoms. The van der Waals surface area contributed by atoms with Gasteiger partial charge in [0.25, 0.3) is 11.8 Å². The number of para-hydroxylation sites is 1. The number of hydrogen-bond donors (Lipinski definition) is 1. The van der Waals surface area contributed by atoms with E-state index in [0.29, 0.717) is 27.2 Å². The molecule has 3 rings (SSSR count). The molecule has 1 atom stereocenters. The van der Waals surface area contributed by atoms with Crippen LogP contribution in [0, 0.1) is 0 Å². The van der Waals surface area contributed by atoms with Crippen molar-refractivity contribution in [3.05, 3.63) is 58.1 Å².